The molecule has 4 atom stereocenters. The van der Waals surface area contributed by atoms with E-state index in [4.69, 9.17) is 13.2 Å². The van der Waals surface area contributed by atoms with Crippen LogP contribution in [0.4, 0.5) is 5.69 Å². The molecule has 0 spiro atoms. The van der Waals surface area contributed by atoms with Gasteiger partial charge in [0.1, 0.15) is 0 Å². The minimum absolute atomic E-state index is 0.0551. The fraction of sp³-hybridized carbons (Fsp3) is 0.441. The maximum atomic E-state index is 14.2. The third kappa shape index (κ3) is 4.54. The number of benzene rings is 2. The Kier molecular flexibility index (Phi) is 7.50. The molecule has 4 aliphatic rings. The van der Waals surface area contributed by atoms with Gasteiger partial charge < -0.3 is 0 Å². The van der Waals surface area contributed by atoms with E-state index < -0.39 is 57.7 Å². The Hall–Kier alpha value is -3.93. The van der Waals surface area contributed by atoms with E-state index in [1.54, 1.807) is 25.1 Å². The third-order valence-electron chi connectivity index (χ3n) is 10.4. The number of aromatic hydroxyl groups is 1. The van der Waals surface area contributed by atoms with Crippen LogP contribution in [0, 0.1) is 11.8 Å². The van der Waals surface area contributed by atoms with E-state index in [0.717, 1.165) is 24.1 Å². The molecule has 45 heavy (non-hydrogen) atoms. The fourth-order valence-electron chi connectivity index (χ4n) is 8.39. The van der Waals surface area contributed by atoms with E-state index in [2.05, 4.69) is 36.2 Å². The van der Waals surface area contributed by atoms with Crippen molar-refractivity contribution in [1.29, 1.82) is 0 Å². The van der Waals surface area contributed by atoms with E-state index in [9.17, 15) is 30.0 Å². The number of phenolic OH excluding ortho intramolecular Hbond substituents is 1. The van der Waals surface area contributed by atoms with Crippen LogP contribution in [0.2, 0.25) is 0 Å². The van der Waals surface area contributed by atoms with Gasteiger partial charge in [-0.15, -0.1) is 0 Å². The van der Waals surface area contributed by atoms with Crippen molar-refractivity contribution >= 4 is 36.1 Å². The molecule has 0 aliphatic heterocycles. The summed E-state index contributed by atoms with van der Waals surface area (Å²) < 4.78 is 0. The zero-order valence-electron chi connectivity index (χ0n) is 26.3. The molecule has 0 unspecified atom stereocenters. The van der Waals surface area contributed by atoms with E-state index in [1.165, 1.54) is 11.1 Å². The summed E-state index contributed by atoms with van der Waals surface area (Å²) in [5.41, 5.74) is 7.33. The number of aliphatic hydroxyl groups is 3. The SMILES string of the molecule is [B]=C1C(C(N)=O)=C(O)[C@@H](N(C)C)[C@@H]2C[C@@H]3Cc4c(c(O)cc(CN(C)C5Cc6ccccc6C5)c4N(C)C)C(O)=C3C(=O)[C@]12O. The average Bonchev–Trinajstić information content (AvgIpc) is 3.39. The van der Waals surface area contributed by atoms with E-state index in [-0.39, 0.29) is 23.3 Å². The van der Waals surface area contributed by atoms with Crippen LogP contribution >= 0.6 is 0 Å². The van der Waals surface area contributed by atoms with E-state index in [1.807, 2.05) is 19.0 Å². The Morgan fingerprint density at radius 1 is 1.04 bits per heavy atom. The number of Topliss-reactive ketones (excluding diaryl/α,β-unsaturated/α-hetero) is 1. The van der Waals surface area contributed by atoms with Crippen molar-refractivity contribution in [2.24, 2.45) is 17.6 Å². The molecular weight excluding hydrogens is 571 g/mol. The van der Waals surface area contributed by atoms with Gasteiger partial charge in [0.15, 0.2) is 0 Å². The average molecular weight is 612 g/mol. The molecule has 6 N–H and O–H groups in total. The summed E-state index contributed by atoms with van der Waals surface area (Å²) in [6.45, 7) is 0.555. The number of likely N-dealkylation sites (N-methyl/N-ethyl adjacent to an activating group) is 2. The van der Waals surface area contributed by atoms with Gasteiger partial charge in [0.05, 0.1) is 0 Å². The summed E-state index contributed by atoms with van der Waals surface area (Å²) in [6, 6.07) is 9.47. The van der Waals surface area contributed by atoms with Gasteiger partial charge >= 0.3 is 216 Å². The molecule has 4 aliphatic carbocycles. The second kappa shape index (κ2) is 10.9. The van der Waals surface area contributed by atoms with Crippen molar-refractivity contribution in [2.45, 2.75) is 49.9 Å². The quantitative estimate of drug-likeness (QED) is 0.306. The number of carbonyl (C=O) groups is 2. The number of nitrogens with two attached hydrogens (primary N) is 1. The number of carbonyl (C=O) groups excluding carboxylic acids is 2. The molecule has 1 radical (unpaired) electrons. The van der Waals surface area contributed by atoms with Gasteiger partial charge in [0, 0.05) is 0 Å². The van der Waals surface area contributed by atoms with Crippen LogP contribution in [-0.2, 0) is 35.4 Å². The molecule has 0 bridgehead atoms. The number of fused-ring (bicyclic) bond motifs is 4. The predicted molar refractivity (Wildman–Crippen MR) is 173 cm³/mol. The first-order valence-electron chi connectivity index (χ1n) is 15.2. The van der Waals surface area contributed by atoms with E-state index >= 15 is 0 Å². The number of rotatable bonds is 6. The molecular formula is C34H40BN4O6. The van der Waals surface area contributed by atoms with Crippen molar-refractivity contribution < 1.29 is 30.0 Å². The molecule has 1 amide bonds. The monoisotopic (exact) mass is 611 g/mol. The first kappa shape index (κ1) is 31.1. The van der Waals surface area contributed by atoms with Crippen LogP contribution in [0.25, 0.3) is 5.76 Å². The molecule has 10 nitrogen and oxygen atoms in total. The number of nitrogens with zero attached hydrogens (tertiary/aromatic N) is 3. The topological polar surface area (TPSA) is 151 Å². The van der Waals surface area contributed by atoms with Gasteiger partial charge in [-0.2, -0.15) is 0 Å². The van der Waals surface area contributed by atoms with Crippen molar-refractivity contribution in [3.05, 3.63) is 75.1 Å². The van der Waals surface area contributed by atoms with Crippen LogP contribution in [0.5, 0.6) is 5.75 Å². The number of amides is 1. The Bertz CT molecular complexity index is 1690. The third-order valence-corrected chi connectivity index (χ3v) is 10.4. The molecule has 1 saturated carbocycles. The van der Waals surface area contributed by atoms with Gasteiger partial charge in [-0.3, -0.25) is 0 Å². The molecule has 2 aromatic rings. The molecule has 6 rings (SSSR count). The van der Waals surface area contributed by atoms with Crippen molar-refractivity contribution in [1.82, 2.24) is 9.80 Å². The number of aliphatic hydroxyl groups excluding tert-OH is 2. The predicted octanol–water partition coefficient (Wildman–Crippen LogP) is 1.40. The van der Waals surface area contributed by atoms with Crippen LogP contribution in [0.1, 0.15) is 34.2 Å². The van der Waals surface area contributed by atoms with Crippen molar-refractivity contribution in [2.75, 3.05) is 40.1 Å². The zero-order valence-corrected chi connectivity index (χ0v) is 26.3. The van der Waals surface area contributed by atoms with Gasteiger partial charge in [-0.1, -0.05) is 24.3 Å². The fourth-order valence-corrected chi connectivity index (χ4v) is 8.39. The zero-order chi connectivity index (χ0) is 32.7. The van der Waals surface area contributed by atoms with E-state index in [0.29, 0.717) is 24.6 Å². The normalized spacial score (nSPS) is 26.2. The summed E-state index contributed by atoms with van der Waals surface area (Å²) in [7, 11) is 15.5. The number of hydrogen-bond donors (Lipinski definition) is 5. The second-order valence-corrected chi connectivity index (χ2v) is 13.4. The van der Waals surface area contributed by atoms with Gasteiger partial charge in [-0.25, -0.2) is 0 Å². The molecule has 11 heteroatoms. The molecule has 0 aromatic heterocycles. The van der Waals surface area contributed by atoms with Crippen LogP contribution in [0.15, 0.2) is 47.2 Å². The van der Waals surface area contributed by atoms with Crippen LogP contribution in [-0.4, -0.2) is 108 Å². The molecule has 0 saturated heterocycles. The van der Waals surface area contributed by atoms with Crippen molar-refractivity contribution in [3.63, 3.8) is 0 Å². The standard InChI is InChI=1S/C34H40BN4O6/c1-37(2)27-19(15-39(5)20-10-16-8-6-7-9-17(16)11-20)14-23(40)25-21(27)12-18-13-22-28(38(3)4)30(42)26(33(36)44)31(35)34(22,45)32(43)24(18)29(25)41/h6-9,14,18,20,22,28,40-42,45H,10-13,15H2,1-5H3,(H2,36,44)/t18-,22-,28-,34+/m0/s1. The number of primary amides is 1. The Morgan fingerprint density at radius 3 is 2.22 bits per heavy atom. The number of anilines is 1. The van der Waals surface area contributed by atoms with Gasteiger partial charge in [0.2, 0.25) is 0 Å². The Balaban J connectivity index is 1.43. The number of hydrogen-bond acceptors (Lipinski definition) is 9. The van der Waals surface area contributed by atoms with Gasteiger partial charge in [0.25, 0.3) is 0 Å². The van der Waals surface area contributed by atoms with Crippen LogP contribution < -0.4 is 10.6 Å². The molecule has 2 aromatic carbocycles. The summed E-state index contributed by atoms with van der Waals surface area (Å²) in [6.07, 6.45) is 2.34. The Morgan fingerprint density at radius 2 is 1.67 bits per heavy atom. The summed E-state index contributed by atoms with van der Waals surface area (Å²) >= 11 is 0. The minimum atomic E-state index is -2.40. The van der Waals surface area contributed by atoms with Crippen molar-refractivity contribution in [3.8, 4) is 5.75 Å². The second-order valence-electron chi connectivity index (χ2n) is 13.4. The maximum absolute atomic E-state index is 14.2. The van der Waals surface area contributed by atoms with Gasteiger partial charge in [-0.05, 0) is 24.0 Å². The molecule has 235 valence electrons. The summed E-state index contributed by atoms with van der Waals surface area (Å²) in [5, 5.41) is 46.2. The number of ketones is 1. The van der Waals surface area contributed by atoms with Crippen LogP contribution in [0.3, 0.4) is 0 Å². The molecule has 0 heterocycles. The molecule has 1 fully saturated rings. The first-order valence-corrected chi connectivity index (χ1v) is 15.2. The summed E-state index contributed by atoms with van der Waals surface area (Å²) in [5.74, 6) is -4.40. The first-order chi connectivity index (χ1) is 21.2. The summed E-state index contributed by atoms with van der Waals surface area (Å²) in [4.78, 5) is 32.4. The Labute approximate surface area is 264 Å². The number of phenols is 1.